The van der Waals surface area contributed by atoms with Gasteiger partial charge in [0.25, 0.3) is 0 Å². The molecule has 0 radical (unpaired) electrons. The molecule has 2 heteroatoms. The molecule has 2 saturated heterocycles. The van der Waals surface area contributed by atoms with Gasteiger partial charge < -0.3 is 5.32 Å². The molecule has 3 rings (SSSR count). The second kappa shape index (κ2) is 5.41. The molecule has 2 aliphatic heterocycles. The molecule has 1 aromatic rings. The Morgan fingerprint density at radius 1 is 1.28 bits per heavy atom. The van der Waals surface area contributed by atoms with Gasteiger partial charge in [-0.1, -0.05) is 30.3 Å². The van der Waals surface area contributed by atoms with Crippen molar-refractivity contribution >= 4 is 0 Å². The molecule has 1 N–H and O–H groups in total. The lowest BCUT2D eigenvalue weighted by atomic mass is 9.94. The van der Waals surface area contributed by atoms with Crippen LogP contribution in [0.2, 0.25) is 0 Å². The molecule has 18 heavy (non-hydrogen) atoms. The zero-order valence-electron chi connectivity index (χ0n) is 11.3. The summed E-state index contributed by atoms with van der Waals surface area (Å²) in [6.45, 7) is 6.15. The Labute approximate surface area is 110 Å². The predicted molar refractivity (Wildman–Crippen MR) is 75.7 cm³/mol. The fourth-order valence-electron chi connectivity index (χ4n) is 3.52. The van der Waals surface area contributed by atoms with Gasteiger partial charge in [-0.05, 0) is 44.2 Å². The first-order valence-electron chi connectivity index (χ1n) is 7.34. The molecule has 1 aromatic carbocycles. The zero-order valence-corrected chi connectivity index (χ0v) is 11.3. The summed E-state index contributed by atoms with van der Waals surface area (Å²) in [7, 11) is 0. The molecule has 3 atom stereocenters. The highest BCUT2D eigenvalue weighted by atomic mass is 15.2. The van der Waals surface area contributed by atoms with E-state index in [0.29, 0.717) is 6.04 Å². The first-order chi connectivity index (χ1) is 8.83. The van der Waals surface area contributed by atoms with Crippen LogP contribution in [0.3, 0.4) is 0 Å². The van der Waals surface area contributed by atoms with Gasteiger partial charge in [0.1, 0.15) is 0 Å². The van der Waals surface area contributed by atoms with E-state index in [9.17, 15) is 0 Å². The normalized spacial score (nSPS) is 30.1. The van der Waals surface area contributed by atoms with Crippen LogP contribution in [0.5, 0.6) is 0 Å². The number of hydrogen-bond acceptors (Lipinski definition) is 2. The van der Waals surface area contributed by atoms with Gasteiger partial charge in [0.2, 0.25) is 0 Å². The SMILES string of the molecule is CC(Cc1ccccc1)N1CC2CCCNC2C1. The van der Waals surface area contributed by atoms with Crippen molar-refractivity contribution in [2.75, 3.05) is 19.6 Å². The van der Waals surface area contributed by atoms with E-state index < -0.39 is 0 Å². The van der Waals surface area contributed by atoms with E-state index in [1.54, 1.807) is 0 Å². The first kappa shape index (κ1) is 12.2. The standard InChI is InChI=1S/C16H24N2/c1-13(10-14-6-3-2-4-7-14)18-11-15-8-5-9-17-16(15)12-18/h2-4,6-7,13,15-17H,5,8-12H2,1H3. The molecular formula is C16H24N2. The largest absolute Gasteiger partial charge is 0.312 e. The van der Waals surface area contributed by atoms with Crippen LogP contribution in [0, 0.1) is 5.92 Å². The first-order valence-corrected chi connectivity index (χ1v) is 7.34. The van der Waals surface area contributed by atoms with E-state index in [1.165, 1.54) is 44.5 Å². The van der Waals surface area contributed by atoms with Crippen molar-refractivity contribution in [2.24, 2.45) is 5.92 Å². The summed E-state index contributed by atoms with van der Waals surface area (Å²) in [6.07, 6.45) is 3.97. The zero-order chi connectivity index (χ0) is 12.4. The Hall–Kier alpha value is -0.860. The lowest BCUT2D eigenvalue weighted by molar-refractivity contribution is 0.246. The molecule has 0 aromatic heterocycles. The number of hydrogen-bond donors (Lipinski definition) is 1. The molecular weight excluding hydrogens is 220 g/mol. The minimum atomic E-state index is 0.666. The Kier molecular flexibility index (Phi) is 3.67. The number of nitrogens with one attached hydrogen (secondary N) is 1. The van der Waals surface area contributed by atoms with Crippen molar-refractivity contribution < 1.29 is 0 Å². The molecule has 3 unspecified atom stereocenters. The monoisotopic (exact) mass is 244 g/mol. The van der Waals surface area contributed by atoms with Gasteiger partial charge in [-0.3, -0.25) is 4.90 Å². The molecule has 2 aliphatic rings. The van der Waals surface area contributed by atoms with Gasteiger partial charge in [0, 0.05) is 25.2 Å². The van der Waals surface area contributed by atoms with Crippen molar-refractivity contribution in [3.8, 4) is 0 Å². The third-order valence-electron chi connectivity index (χ3n) is 4.62. The van der Waals surface area contributed by atoms with Crippen molar-refractivity contribution in [3.05, 3.63) is 35.9 Å². The van der Waals surface area contributed by atoms with E-state index in [-0.39, 0.29) is 0 Å². The van der Waals surface area contributed by atoms with Crippen LogP contribution in [0.4, 0.5) is 0 Å². The lowest BCUT2D eigenvalue weighted by Gasteiger charge is -2.25. The maximum absolute atomic E-state index is 3.69. The summed E-state index contributed by atoms with van der Waals surface area (Å²) in [6, 6.07) is 12.3. The minimum absolute atomic E-state index is 0.666. The van der Waals surface area contributed by atoms with Crippen LogP contribution in [0.1, 0.15) is 25.3 Å². The molecule has 0 bridgehead atoms. The smallest absolute Gasteiger partial charge is 0.0235 e. The number of piperidine rings is 1. The average molecular weight is 244 g/mol. The fraction of sp³-hybridized carbons (Fsp3) is 0.625. The third kappa shape index (κ3) is 2.60. The number of rotatable bonds is 3. The molecule has 0 spiro atoms. The van der Waals surface area contributed by atoms with Crippen LogP contribution >= 0.6 is 0 Å². The van der Waals surface area contributed by atoms with Gasteiger partial charge in [-0.2, -0.15) is 0 Å². The van der Waals surface area contributed by atoms with Gasteiger partial charge in [0.05, 0.1) is 0 Å². The van der Waals surface area contributed by atoms with Gasteiger partial charge >= 0.3 is 0 Å². The molecule has 0 saturated carbocycles. The van der Waals surface area contributed by atoms with Crippen LogP contribution in [0.15, 0.2) is 30.3 Å². The number of nitrogens with zero attached hydrogens (tertiary/aromatic N) is 1. The van der Waals surface area contributed by atoms with Crippen molar-refractivity contribution in [1.29, 1.82) is 0 Å². The van der Waals surface area contributed by atoms with Gasteiger partial charge in [-0.25, -0.2) is 0 Å². The Bertz CT molecular complexity index is 362. The molecule has 2 heterocycles. The van der Waals surface area contributed by atoms with E-state index in [4.69, 9.17) is 0 Å². The Morgan fingerprint density at radius 2 is 2.11 bits per heavy atom. The maximum atomic E-state index is 3.69. The highest BCUT2D eigenvalue weighted by molar-refractivity contribution is 5.16. The molecule has 98 valence electrons. The molecule has 2 nitrogen and oxygen atoms in total. The van der Waals surface area contributed by atoms with Gasteiger partial charge in [-0.15, -0.1) is 0 Å². The highest BCUT2D eigenvalue weighted by Crippen LogP contribution is 2.26. The number of likely N-dealkylation sites (tertiary alicyclic amines) is 1. The topological polar surface area (TPSA) is 15.3 Å². The van der Waals surface area contributed by atoms with E-state index in [1.807, 2.05) is 0 Å². The summed E-state index contributed by atoms with van der Waals surface area (Å²) in [5.74, 6) is 0.900. The molecule has 0 amide bonds. The summed E-state index contributed by atoms with van der Waals surface area (Å²) in [5.41, 5.74) is 1.47. The predicted octanol–water partition coefficient (Wildman–Crippen LogP) is 2.30. The molecule has 0 aliphatic carbocycles. The van der Waals surface area contributed by atoms with Crippen LogP contribution in [-0.2, 0) is 6.42 Å². The van der Waals surface area contributed by atoms with Crippen LogP contribution in [-0.4, -0.2) is 36.6 Å². The van der Waals surface area contributed by atoms with Crippen molar-refractivity contribution in [2.45, 2.75) is 38.3 Å². The second-order valence-electron chi connectivity index (χ2n) is 5.96. The Morgan fingerprint density at radius 3 is 2.89 bits per heavy atom. The summed E-state index contributed by atoms with van der Waals surface area (Å²) in [5, 5.41) is 3.69. The third-order valence-corrected chi connectivity index (χ3v) is 4.62. The second-order valence-corrected chi connectivity index (χ2v) is 5.96. The van der Waals surface area contributed by atoms with E-state index in [0.717, 1.165) is 12.0 Å². The number of fused-ring (bicyclic) bond motifs is 1. The van der Waals surface area contributed by atoms with Crippen molar-refractivity contribution in [1.82, 2.24) is 10.2 Å². The summed E-state index contributed by atoms with van der Waals surface area (Å²) >= 11 is 0. The van der Waals surface area contributed by atoms with E-state index >= 15 is 0 Å². The Balaban J connectivity index is 1.58. The van der Waals surface area contributed by atoms with Crippen molar-refractivity contribution in [3.63, 3.8) is 0 Å². The maximum Gasteiger partial charge on any atom is 0.0235 e. The van der Waals surface area contributed by atoms with E-state index in [2.05, 4.69) is 47.5 Å². The quantitative estimate of drug-likeness (QED) is 0.877. The summed E-state index contributed by atoms with van der Waals surface area (Å²) < 4.78 is 0. The van der Waals surface area contributed by atoms with Crippen LogP contribution in [0.25, 0.3) is 0 Å². The minimum Gasteiger partial charge on any atom is -0.312 e. The fourth-order valence-corrected chi connectivity index (χ4v) is 3.52. The summed E-state index contributed by atoms with van der Waals surface area (Å²) in [4.78, 5) is 2.68. The highest BCUT2D eigenvalue weighted by Gasteiger charge is 2.35. The number of benzene rings is 1. The van der Waals surface area contributed by atoms with Gasteiger partial charge in [0.15, 0.2) is 0 Å². The van der Waals surface area contributed by atoms with Crippen LogP contribution < -0.4 is 5.32 Å². The average Bonchev–Trinajstić information content (AvgIpc) is 2.84. The lowest BCUT2D eigenvalue weighted by Crippen LogP contribution is -2.41. The molecule has 2 fully saturated rings.